The van der Waals surface area contributed by atoms with Gasteiger partial charge in [-0.2, -0.15) is 0 Å². The van der Waals surface area contributed by atoms with Crippen LogP contribution >= 0.6 is 15.9 Å². The molecule has 1 heterocycles. The zero-order valence-corrected chi connectivity index (χ0v) is 13.3. The van der Waals surface area contributed by atoms with E-state index in [0.29, 0.717) is 10.0 Å². The van der Waals surface area contributed by atoms with E-state index < -0.39 is 0 Å². The van der Waals surface area contributed by atoms with Crippen LogP contribution in [0.15, 0.2) is 39.2 Å². The van der Waals surface area contributed by atoms with Crippen LogP contribution in [0.2, 0.25) is 0 Å². The van der Waals surface area contributed by atoms with Crippen LogP contribution in [0.5, 0.6) is 0 Å². The molecule has 0 fully saturated rings. The zero-order chi connectivity index (χ0) is 14.5. The molecule has 0 amide bonds. The highest BCUT2D eigenvalue weighted by molar-refractivity contribution is 9.10. The minimum atomic E-state index is -0.257. The average Bonchev–Trinajstić information content (AvgIpc) is 2.92. The van der Waals surface area contributed by atoms with Gasteiger partial charge in [-0.3, -0.25) is 0 Å². The number of nitrogens with one attached hydrogen (secondary N) is 1. The molecule has 0 saturated heterocycles. The molecule has 1 N–H and O–H groups in total. The fourth-order valence-corrected chi connectivity index (χ4v) is 2.52. The van der Waals surface area contributed by atoms with Gasteiger partial charge in [-0.25, -0.2) is 4.39 Å². The summed E-state index contributed by atoms with van der Waals surface area (Å²) in [6.45, 7) is 4.93. The largest absolute Gasteiger partial charge is 0.464 e. The molecule has 0 spiro atoms. The minimum absolute atomic E-state index is 0.240. The van der Waals surface area contributed by atoms with E-state index in [2.05, 4.69) is 28.2 Å². The standard InChI is InChI=1S/C16H19BrFNO/c1-3-10-19-16(14-9-8-11(4-2)20-14)12-6-5-7-13(17)15(12)18/h5-9,16,19H,3-4,10H2,1-2H3. The van der Waals surface area contributed by atoms with Crippen LogP contribution in [0.25, 0.3) is 0 Å². The van der Waals surface area contributed by atoms with E-state index in [-0.39, 0.29) is 11.9 Å². The van der Waals surface area contributed by atoms with Gasteiger partial charge in [0.1, 0.15) is 17.3 Å². The van der Waals surface area contributed by atoms with Gasteiger partial charge in [0.25, 0.3) is 0 Å². The SMILES string of the molecule is CCCNC(c1ccc(CC)o1)c1cccc(Br)c1F. The van der Waals surface area contributed by atoms with Crippen molar-refractivity contribution in [2.24, 2.45) is 0 Å². The van der Waals surface area contributed by atoms with Crippen LogP contribution in [0.1, 0.15) is 43.4 Å². The molecule has 20 heavy (non-hydrogen) atoms. The van der Waals surface area contributed by atoms with Gasteiger partial charge in [0.15, 0.2) is 0 Å². The van der Waals surface area contributed by atoms with Crippen molar-refractivity contribution in [2.45, 2.75) is 32.7 Å². The van der Waals surface area contributed by atoms with Gasteiger partial charge < -0.3 is 9.73 Å². The van der Waals surface area contributed by atoms with Crippen LogP contribution < -0.4 is 5.32 Å². The summed E-state index contributed by atoms with van der Waals surface area (Å²) in [5, 5.41) is 3.35. The summed E-state index contributed by atoms with van der Waals surface area (Å²) in [6, 6.07) is 8.95. The van der Waals surface area contributed by atoms with Gasteiger partial charge in [-0.1, -0.05) is 26.0 Å². The van der Waals surface area contributed by atoms with Crippen molar-refractivity contribution >= 4 is 15.9 Å². The fourth-order valence-electron chi connectivity index (χ4n) is 2.14. The third-order valence-corrected chi connectivity index (χ3v) is 3.82. The Morgan fingerprint density at radius 1 is 1.25 bits per heavy atom. The van der Waals surface area contributed by atoms with Gasteiger partial charge in [0.05, 0.1) is 10.5 Å². The maximum Gasteiger partial charge on any atom is 0.142 e. The van der Waals surface area contributed by atoms with Crippen molar-refractivity contribution in [3.63, 3.8) is 0 Å². The lowest BCUT2D eigenvalue weighted by molar-refractivity contribution is 0.414. The lowest BCUT2D eigenvalue weighted by Gasteiger charge is -2.18. The van der Waals surface area contributed by atoms with Crippen molar-refractivity contribution in [3.8, 4) is 0 Å². The van der Waals surface area contributed by atoms with E-state index in [9.17, 15) is 4.39 Å². The summed E-state index contributed by atoms with van der Waals surface area (Å²) in [4.78, 5) is 0. The Balaban J connectivity index is 2.38. The Labute approximate surface area is 127 Å². The first-order valence-corrected chi connectivity index (χ1v) is 7.72. The van der Waals surface area contributed by atoms with E-state index >= 15 is 0 Å². The molecule has 0 bridgehead atoms. The molecule has 1 atom stereocenters. The second-order valence-corrected chi connectivity index (χ2v) is 5.54. The number of hydrogen-bond acceptors (Lipinski definition) is 2. The Kier molecular flexibility index (Phi) is 5.38. The van der Waals surface area contributed by atoms with Crippen LogP contribution in [0.4, 0.5) is 4.39 Å². The molecule has 2 aromatic rings. The second-order valence-electron chi connectivity index (χ2n) is 4.69. The molecule has 1 aromatic carbocycles. The molecule has 4 heteroatoms. The first-order chi connectivity index (χ1) is 9.67. The van der Waals surface area contributed by atoms with Crippen LogP contribution in [-0.2, 0) is 6.42 Å². The van der Waals surface area contributed by atoms with E-state index in [1.807, 2.05) is 25.1 Å². The smallest absolute Gasteiger partial charge is 0.142 e. The van der Waals surface area contributed by atoms with E-state index in [0.717, 1.165) is 30.9 Å². The van der Waals surface area contributed by atoms with Crippen LogP contribution in [0.3, 0.4) is 0 Å². The van der Waals surface area contributed by atoms with Crippen LogP contribution in [-0.4, -0.2) is 6.54 Å². The van der Waals surface area contributed by atoms with Gasteiger partial charge in [-0.05, 0) is 47.1 Å². The third-order valence-electron chi connectivity index (χ3n) is 3.21. The topological polar surface area (TPSA) is 25.2 Å². The van der Waals surface area contributed by atoms with Crippen molar-refractivity contribution < 1.29 is 8.81 Å². The van der Waals surface area contributed by atoms with Gasteiger partial charge >= 0.3 is 0 Å². The number of furan rings is 1. The van der Waals surface area contributed by atoms with E-state index in [1.54, 1.807) is 12.1 Å². The predicted octanol–water partition coefficient (Wildman–Crippen LogP) is 4.83. The van der Waals surface area contributed by atoms with E-state index in [4.69, 9.17) is 4.42 Å². The summed E-state index contributed by atoms with van der Waals surface area (Å²) in [6.07, 6.45) is 1.81. The highest BCUT2D eigenvalue weighted by atomic mass is 79.9. The summed E-state index contributed by atoms with van der Waals surface area (Å²) >= 11 is 3.24. The zero-order valence-electron chi connectivity index (χ0n) is 11.7. The van der Waals surface area contributed by atoms with Crippen molar-refractivity contribution in [3.05, 3.63) is 57.7 Å². The van der Waals surface area contributed by atoms with E-state index in [1.165, 1.54) is 0 Å². The average molecular weight is 340 g/mol. The summed E-state index contributed by atoms with van der Waals surface area (Å²) < 4.78 is 20.6. The first-order valence-electron chi connectivity index (χ1n) is 6.93. The fraction of sp³-hybridized carbons (Fsp3) is 0.375. The molecular formula is C16H19BrFNO. The molecule has 0 aliphatic rings. The molecule has 0 radical (unpaired) electrons. The quantitative estimate of drug-likeness (QED) is 0.815. The Morgan fingerprint density at radius 3 is 2.70 bits per heavy atom. The lowest BCUT2D eigenvalue weighted by atomic mass is 10.0. The Hall–Kier alpha value is -1.13. The highest BCUT2D eigenvalue weighted by Crippen LogP contribution is 2.29. The van der Waals surface area contributed by atoms with Gasteiger partial charge in [-0.15, -0.1) is 0 Å². The number of rotatable bonds is 6. The molecule has 1 aromatic heterocycles. The lowest BCUT2D eigenvalue weighted by Crippen LogP contribution is -2.23. The molecule has 0 saturated carbocycles. The molecule has 0 aliphatic carbocycles. The van der Waals surface area contributed by atoms with Crippen molar-refractivity contribution in [1.82, 2.24) is 5.32 Å². The molecule has 2 nitrogen and oxygen atoms in total. The van der Waals surface area contributed by atoms with Crippen molar-refractivity contribution in [2.75, 3.05) is 6.54 Å². The summed E-state index contributed by atoms with van der Waals surface area (Å²) in [7, 11) is 0. The summed E-state index contributed by atoms with van der Waals surface area (Å²) in [5.74, 6) is 1.43. The molecule has 0 aliphatic heterocycles. The number of hydrogen-bond donors (Lipinski definition) is 1. The Bertz CT molecular complexity index is 567. The maximum absolute atomic E-state index is 14.3. The third kappa shape index (κ3) is 3.30. The van der Waals surface area contributed by atoms with Gasteiger partial charge in [0, 0.05) is 12.0 Å². The van der Waals surface area contributed by atoms with Crippen molar-refractivity contribution in [1.29, 1.82) is 0 Å². The molecular weight excluding hydrogens is 321 g/mol. The predicted molar refractivity (Wildman–Crippen MR) is 82.3 cm³/mol. The highest BCUT2D eigenvalue weighted by Gasteiger charge is 2.21. The molecule has 1 unspecified atom stereocenters. The Morgan fingerprint density at radius 2 is 2.05 bits per heavy atom. The second kappa shape index (κ2) is 7.04. The monoisotopic (exact) mass is 339 g/mol. The normalized spacial score (nSPS) is 12.6. The van der Waals surface area contributed by atoms with Crippen LogP contribution in [0, 0.1) is 5.82 Å². The first kappa shape index (κ1) is 15.3. The molecule has 2 rings (SSSR count). The number of aryl methyl sites for hydroxylation is 1. The summed E-state index contributed by atoms with van der Waals surface area (Å²) in [5.41, 5.74) is 0.602. The maximum atomic E-state index is 14.3. The minimum Gasteiger partial charge on any atom is -0.464 e. The number of benzene rings is 1. The van der Waals surface area contributed by atoms with Gasteiger partial charge in [0.2, 0.25) is 0 Å². The molecule has 108 valence electrons. The number of halogens is 2.